The van der Waals surface area contributed by atoms with Gasteiger partial charge in [0, 0.05) is 11.6 Å². The maximum Gasteiger partial charge on any atom is 0.324 e. The molecule has 0 radical (unpaired) electrons. The van der Waals surface area contributed by atoms with Crippen LogP contribution in [0.1, 0.15) is 13.8 Å². The van der Waals surface area contributed by atoms with Gasteiger partial charge in [0.2, 0.25) is 0 Å². The molecule has 1 atom stereocenters. The molecule has 2 heterocycles. The van der Waals surface area contributed by atoms with Crippen LogP contribution in [0.25, 0.3) is 4.96 Å². The van der Waals surface area contributed by atoms with Crippen LogP contribution in [0.2, 0.25) is 5.15 Å². The molecule has 0 aliphatic heterocycles. The molecule has 0 saturated heterocycles. The van der Waals surface area contributed by atoms with E-state index in [1.807, 2.05) is 0 Å². The summed E-state index contributed by atoms with van der Waals surface area (Å²) in [6.45, 7) is 3.42. The Balaban J connectivity index is 2.44. The molecule has 1 N–H and O–H groups in total. The predicted molar refractivity (Wildman–Crippen MR) is 79.0 cm³/mol. The van der Waals surface area contributed by atoms with Crippen LogP contribution in [-0.4, -0.2) is 36.9 Å². The second-order valence-corrected chi connectivity index (χ2v) is 7.49. The topological polar surface area (TPSA) is 89.8 Å². The summed E-state index contributed by atoms with van der Waals surface area (Å²) >= 11 is 7.17. The van der Waals surface area contributed by atoms with E-state index in [4.69, 9.17) is 11.6 Å². The standard InChI is InChI=1S/C11H14ClN3O4S2/c1-6(2)7(10(16)19-3)14-21(17,18)9-8(12)13-11-15(9)4-5-20-11/h4-7,14H,1-3H3/t7-/m0/s1. The van der Waals surface area contributed by atoms with Crippen LogP contribution in [0.15, 0.2) is 16.6 Å². The number of aromatic nitrogens is 2. The van der Waals surface area contributed by atoms with E-state index in [0.717, 1.165) is 0 Å². The van der Waals surface area contributed by atoms with Crippen molar-refractivity contribution in [2.45, 2.75) is 24.9 Å². The van der Waals surface area contributed by atoms with E-state index in [-0.39, 0.29) is 16.1 Å². The fraction of sp³-hybridized carbons (Fsp3) is 0.455. The van der Waals surface area contributed by atoms with Gasteiger partial charge in [0.1, 0.15) is 6.04 Å². The maximum atomic E-state index is 12.5. The number of sulfonamides is 1. The molecule has 0 bridgehead atoms. The zero-order valence-corrected chi connectivity index (χ0v) is 13.9. The second-order valence-electron chi connectivity index (χ2n) is 4.63. The van der Waals surface area contributed by atoms with E-state index in [1.54, 1.807) is 25.4 Å². The van der Waals surface area contributed by atoms with Crippen molar-refractivity contribution < 1.29 is 17.9 Å². The minimum absolute atomic E-state index is 0.137. The third-order valence-electron chi connectivity index (χ3n) is 2.84. The molecular weight excluding hydrogens is 338 g/mol. The number of halogens is 1. The van der Waals surface area contributed by atoms with Crippen molar-refractivity contribution in [3.05, 3.63) is 16.7 Å². The Hall–Kier alpha value is -1.16. The van der Waals surface area contributed by atoms with Crippen LogP contribution in [0.3, 0.4) is 0 Å². The first-order chi connectivity index (χ1) is 9.77. The Kier molecular flexibility index (Phi) is 4.57. The first-order valence-electron chi connectivity index (χ1n) is 5.99. The van der Waals surface area contributed by atoms with Crippen molar-refractivity contribution >= 4 is 43.9 Å². The number of carbonyl (C=O) groups is 1. The largest absolute Gasteiger partial charge is 0.468 e. The molecule has 2 aromatic rings. The number of fused-ring (bicyclic) bond motifs is 1. The summed E-state index contributed by atoms with van der Waals surface area (Å²) in [6, 6.07) is -1.000. The Morgan fingerprint density at radius 3 is 2.76 bits per heavy atom. The van der Waals surface area contributed by atoms with Gasteiger partial charge in [-0.3, -0.25) is 9.20 Å². The number of imidazole rings is 1. The number of nitrogens with one attached hydrogen (secondary N) is 1. The minimum Gasteiger partial charge on any atom is -0.468 e. The lowest BCUT2D eigenvalue weighted by Gasteiger charge is -2.19. The molecule has 0 saturated carbocycles. The smallest absolute Gasteiger partial charge is 0.324 e. The number of nitrogens with zero attached hydrogens (tertiary/aromatic N) is 2. The highest BCUT2D eigenvalue weighted by Crippen LogP contribution is 2.25. The summed E-state index contributed by atoms with van der Waals surface area (Å²) in [5, 5.41) is 1.37. The van der Waals surface area contributed by atoms with Gasteiger partial charge in [-0.05, 0) is 5.92 Å². The first kappa shape index (κ1) is 16.2. The summed E-state index contributed by atoms with van der Waals surface area (Å²) in [7, 11) is -2.82. The minimum atomic E-state index is -4.02. The number of hydrogen-bond acceptors (Lipinski definition) is 6. The number of methoxy groups -OCH3 is 1. The first-order valence-corrected chi connectivity index (χ1v) is 8.73. The van der Waals surface area contributed by atoms with Crippen LogP contribution in [0, 0.1) is 5.92 Å². The van der Waals surface area contributed by atoms with Crippen LogP contribution < -0.4 is 4.72 Å². The summed E-state index contributed by atoms with van der Waals surface area (Å²) in [6.07, 6.45) is 1.55. The zero-order valence-electron chi connectivity index (χ0n) is 11.5. The number of carbonyl (C=O) groups excluding carboxylic acids is 1. The molecule has 2 rings (SSSR count). The van der Waals surface area contributed by atoms with Crippen LogP contribution >= 0.6 is 22.9 Å². The fourth-order valence-electron chi connectivity index (χ4n) is 1.79. The lowest BCUT2D eigenvalue weighted by molar-refractivity contribution is -0.143. The SMILES string of the molecule is COC(=O)[C@@H](NS(=O)(=O)c1c(Cl)nc2sccn12)C(C)C. The molecule has 7 nitrogen and oxygen atoms in total. The van der Waals surface area contributed by atoms with Gasteiger partial charge >= 0.3 is 5.97 Å². The summed E-state index contributed by atoms with van der Waals surface area (Å²) in [4.78, 5) is 16.1. The van der Waals surface area contributed by atoms with Gasteiger partial charge in [-0.15, -0.1) is 11.3 Å². The molecule has 0 fully saturated rings. The van der Waals surface area contributed by atoms with E-state index in [0.29, 0.717) is 4.96 Å². The normalized spacial score (nSPS) is 13.8. The van der Waals surface area contributed by atoms with Crippen molar-refractivity contribution in [1.82, 2.24) is 14.1 Å². The molecule has 116 valence electrons. The number of thiazole rings is 1. The van der Waals surface area contributed by atoms with Crippen LogP contribution in [-0.2, 0) is 19.6 Å². The Bertz CT molecular complexity index is 766. The molecule has 0 aromatic carbocycles. The molecule has 0 amide bonds. The quantitative estimate of drug-likeness (QED) is 0.825. The third-order valence-corrected chi connectivity index (χ3v) is 5.43. The predicted octanol–water partition coefficient (Wildman–Crippen LogP) is 1.53. The van der Waals surface area contributed by atoms with Gasteiger partial charge in [0.05, 0.1) is 7.11 Å². The van der Waals surface area contributed by atoms with Crippen molar-refractivity contribution in [3.8, 4) is 0 Å². The molecular formula is C11H14ClN3O4S2. The highest BCUT2D eigenvalue weighted by Gasteiger charge is 2.32. The molecule has 0 spiro atoms. The molecule has 0 aliphatic rings. The average molecular weight is 352 g/mol. The van der Waals surface area contributed by atoms with Crippen molar-refractivity contribution in [1.29, 1.82) is 0 Å². The van der Waals surface area contributed by atoms with Crippen LogP contribution in [0.5, 0.6) is 0 Å². The van der Waals surface area contributed by atoms with Gasteiger partial charge in [-0.1, -0.05) is 25.4 Å². The molecule has 2 aromatic heterocycles. The zero-order chi connectivity index (χ0) is 15.8. The van der Waals surface area contributed by atoms with E-state index >= 15 is 0 Å². The second kappa shape index (κ2) is 5.91. The Morgan fingerprint density at radius 2 is 2.19 bits per heavy atom. The third kappa shape index (κ3) is 3.05. The van der Waals surface area contributed by atoms with Gasteiger partial charge in [0.15, 0.2) is 15.1 Å². The summed E-state index contributed by atoms with van der Waals surface area (Å²) in [5.74, 6) is -0.937. The number of rotatable bonds is 5. The van der Waals surface area contributed by atoms with E-state index < -0.39 is 22.0 Å². The van der Waals surface area contributed by atoms with E-state index in [9.17, 15) is 13.2 Å². The molecule has 0 unspecified atom stereocenters. The summed E-state index contributed by atoms with van der Waals surface area (Å²) in [5.41, 5.74) is 0. The Morgan fingerprint density at radius 1 is 1.52 bits per heavy atom. The molecule has 0 aliphatic carbocycles. The number of hydrogen-bond donors (Lipinski definition) is 1. The number of esters is 1. The van der Waals surface area contributed by atoms with Gasteiger partial charge in [-0.25, -0.2) is 13.4 Å². The van der Waals surface area contributed by atoms with E-state index in [2.05, 4.69) is 14.4 Å². The molecule has 21 heavy (non-hydrogen) atoms. The monoisotopic (exact) mass is 351 g/mol. The highest BCUT2D eigenvalue weighted by atomic mass is 35.5. The molecule has 10 heteroatoms. The van der Waals surface area contributed by atoms with Gasteiger partial charge in [0.25, 0.3) is 10.0 Å². The van der Waals surface area contributed by atoms with Crippen molar-refractivity contribution in [2.75, 3.05) is 7.11 Å². The summed E-state index contributed by atoms with van der Waals surface area (Å²) < 4.78 is 33.3. The maximum absolute atomic E-state index is 12.5. The highest BCUT2D eigenvalue weighted by molar-refractivity contribution is 7.89. The van der Waals surface area contributed by atoms with E-state index in [1.165, 1.54) is 22.8 Å². The number of ether oxygens (including phenoxy) is 1. The fourth-order valence-corrected chi connectivity index (χ4v) is 4.57. The van der Waals surface area contributed by atoms with Gasteiger partial charge < -0.3 is 4.74 Å². The Labute approximate surface area is 130 Å². The average Bonchev–Trinajstić information content (AvgIpc) is 2.93. The lowest BCUT2D eigenvalue weighted by Crippen LogP contribution is -2.45. The van der Waals surface area contributed by atoms with Gasteiger partial charge in [-0.2, -0.15) is 4.72 Å². The lowest BCUT2D eigenvalue weighted by atomic mass is 10.1. The van der Waals surface area contributed by atoms with Crippen molar-refractivity contribution in [2.24, 2.45) is 5.92 Å². The van der Waals surface area contributed by atoms with Crippen molar-refractivity contribution in [3.63, 3.8) is 0 Å². The van der Waals surface area contributed by atoms with Crippen LogP contribution in [0.4, 0.5) is 0 Å².